The third-order valence-electron chi connectivity index (χ3n) is 4.45. The Balaban J connectivity index is 2.61. The minimum atomic E-state index is -1.84. The van der Waals surface area contributed by atoms with Crippen molar-refractivity contribution in [2.75, 3.05) is 13.7 Å². The molecule has 0 aliphatic rings. The number of carbonyl (C=O) groups excluding carboxylic acids is 1. The van der Waals surface area contributed by atoms with Crippen molar-refractivity contribution in [3.8, 4) is 5.75 Å². The number of benzene rings is 1. The highest BCUT2D eigenvalue weighted by molar-refractivity contribution is 6.73. The molecule has 0 N–H and O–H groups in total. The maximum Gasteiger partial charge on any atom is 0.193 e. The predicted molar refractivity (Wildman–Crippen MR) is 95.4 cm³/mol. The summed E-state index contributed by atoms with van der Waals surface area (Å²) in [6, 6.07) is 10.8. The molecular formula is C18H30O4Si. The molecule has 5 heteroatoms. The quantitative estimate of drug-likeness (QED) is 0.448. The zero-order chi connectivity index (χ0) is 17.3. The van der Waals surface area contributed by atoms with Crippen LogP contribution in [0.4, 0.5) is 0 Å². The molecule has 0 bridgehead atoms. The van der Waals surface area contributed by atoms with Gasteiger partial charge in [0.15, 0.2) is 14.6 Å². The van der Waals surface area contributed by atoms with E-state index in [-0.39, 0.29) is 6.61 Å². The molecule has 0 aliphatic carbocycles. The Labute approximate surface area is 141 Å². The lowest BCUT2D eigenvalue weighted by atomic mass is 10.1. The van der Waals surface area contributed by atoms with Gasteiger partial charge < -0.3 is 18.7 Å². The molecular weight excluding hydrogens is 308 g/mol. The Kier molecular flexibility index (Phi) is 7.95. The lowest BCUT2D eigenvalue weighted by molar-refractivity contribution is -0.126. The van der Waals surface area contributed by atoms with E-state index in [0.717, 1.165) is 35.7 Å². The molecule has 0 spiro atoms. The number of hydrogen-bond acceptors (Lipinski definition) is 4. The van der Waals surface area contributed by atoms with Crippen LogP contribution < -0.4 is 4.74 Å². The van der Waals surface area contributed by atoms with Crippen LogP contribution in [0.25, 0.3) is 0 Å². The zero-order valence-electron chi connectivity index (χ0n) is 15.1. The number of methoxy groups -OCH3 is 1. The van der Waals surface area contributed by atoms with Gasteiger partial charge in [-0.3, -0.25) is 0 Å². The largest absolute Gasteiger partial charge is 0.497 e. The van der Waals surface area contributed by atoms with Gasteiger partial charge in [0.1, 0.15) is 11.4 Å². The fraction of sp³-hybridized carbons (Fsp3) is 0.611. The topological polar surface area (TPSA) is 44.8 Å². The average molecular weight is 339 g/mol. The normalized spacial score (nSPS) is 14.3. The molecule has 4 nitrogen and oxygen atoms in total. The van der Waals surface area contributed by atoms with Crippen molar-refractivity contribution in [3.63, 3.8) is 0 Å². The summed E-state index contributed by atoms with van der Waals surface area (Å²) in [6.45, 7) is 9.03. The van der Waals surface area contributed by atoms with Crippen molar-refractivity contribution < 1.29 is 18.7 Å². The average Bonchev–Trinajstić information content (AvgIpc) is 2.60. The molecule has 0 saturated heterocycles. The molecule has 0 fully saturated rings. The van der Waals surface area contributed by atoms with E-state index in [0.29, 0.717) is 6.61 Å². The molecule has 1 aromatic rings. The van der Waals surface area contributed by atoms with E-state index in [1.807, 2.05) is 31.2 Å². The standard InChI is InChI=1S/C18H30O4Si/c1-6-23(7-2,8-3)22-18(4,14-19)15-21-13-16-9-11-17(20-5)12-10-16/h9-12,14H,6-8,13,15H2,1-5H3/t18-/m1/s1. The van der Waals surface area contributed by atoms with E-state index in [1.54, 1.807) is 7.11 Å². The van der Waals surface area contributed by atoms with Gasteiger partial charge in [-0.15, -0.1) is 0 Å². The summed E-state index contributed by atoms with van der Waals surface area (Å²) in [7, 11) is -0.201. The Hall–Kier alpha value is -1.17. The van der Waals surface area contributed by atoms with E-state index >= 15 is 0 Å². The highest BCUT2D eigenvalue weighted by atomic mass is 28.4. The van der Waals surface area contributed by atoms with Crippen LogP contribution in [0.3, 0.4) is 0 Å². The van der Waals surface area contributed by atoms with Crippen LogP contribution in [0.2, 0.25) is 18.1 Å². The van der Waals surface area contributed by atoms with E-state index in [9.17, 15) is 4.79 Å². The Bertz CT molecular complexity index is 462. The van der Waals surface area contributed by atoms with Crippen LogP contribution in [0.15, 0.2) is 24.3 Å². The van der Waals surface area contributed by atoms with Gasteiger partial charge in [-0.1, -0.05) is 32.9 Å². The molecule has 1 aromatic carbocycles. The SMILES string of the molecule is CC[Si](CC)(CC)O[C@](C)(C=O)COCc1ccc(OC)cc1. The molecule has 1 rings (SSSR count). The van der Waals surface area contributed by atoms with Gasteiger partial charge in [-0.2, -0.15) is 0 Å². The number of hydrogen-bond donors (Lipinski definition) is 0. The zero-order valence-corrected chi connectivity index (χ0v) is 16.1. The Morgan fingerprint density at radius 3 is 2.09 bits per heavy atom. The molecule has 0 radical (unpaired) electrons. The maximum atomic E-state index is 11.6. The molecule has 0 heterocycles. The second kappa shape index (κ2) is 9.20. The van der Waals surface area contributed by atoms with Gasteiger partial charge in [0, 0.05) is 0 Å². The molecule has 0 aromatic heterocycles. The first kappa shape index (κ1) is 19.9. The first-order chi connectivity index (χ1) is 11.0. The minimum absolute atomic E-state index is 0.275. The first-order valence-corrected chi connectivity index (χ1v) is 10.9. The Morgan fingerprint density at radius 1 is 1.09 bits per heavy atom. The van der Waals surface area contributed by atoms with Crippen LogP contribution in [-0.2, 0) is 20.6 Å². The second-order valence-corrected chi connectivity index (χ2v) is 10.8. The van der Waals surface area contributed by atoms with Crippen LogP contribution in [0.5, 0.6) is 5.75 Å². The fourth-order valence-electron chi connectivity index (χ4n) is 2.64. The van der Waals surface area contributed by atoms with Crippen molar-refractivity contribution in [1.29, 1.82) is 0 Å². The van der Waals surface area contributed by atoms with E-state index < -0.39 is 13.9 Å². The summed E-state index contributed by atoms with van der Waals surface area (Å²) in [4.78, 5) is 11.6. The maximum absolute atomic E-state index is 11.6. The third-order valence-corrected chi connectivity index (χ3v) is 9.21. The smallest absolute Gasteiger partial charge is 0.193 e. The monoisotopic (exact) mass is 338 g/mol. The summed E-state index contributed by atoms with van der Waals surface area (Å²) in [5.74, 6) is 0.819. The van der Waals surface area contributed by atoms with Crippen molar-refractivity contribution in [2.24, 2.45) is 0 Å². The van der Waals surface area contributed by atoms with Gasteiger partial charge in [0.25, 0.3) is 0 Å². The van der Waals surface area contributed by atoms with Crippen LogP contribution >= 0.6 is 0 Å². The molecule has 0 aliphatic heterocycles. The summed E-state index contributed by atoms with van der Waals surface area (Å²) in [6.07, 6.45) is 0.893. The highest BCUT2D eigenvalue weighted by Crippen LogP contribution is 2.27. The minimum Gasteiger partial charge on any atom is -0.497 e. The molecule has 0 amide bonds. The third kappa shape index (κ3) is 5.75. The van der Waals surface area contributed by atoms with E-state index in [4.69, 9.17) is 13.9 Å². The number of aldehydes is 1. The van der Waals surface area contributed by atoms with E-state index in [2.05, 4.69) is 20.8 Å². The van der Waals surface area contributed by atoms with Crippen molar-refractivity contribution in [2.45, 2.75) is 58.0 Å². The van der Waals surface area contributed by atoms with Crippen LogP contribution in [0.1, 0.15) is 33.3 Å². The van der Waals surface area contributed by atoms with Gasteiger partial charge in [-0.05, 0) is 42.8 Å². The molecule has 1 atom stereocenters. The number of ether oxygens (including phenoxy) is 2. The van der Waals surface area contributed by atoms with E-state index in [1.165, 1.54) is 0 Å². The molecule has 0 saturated carbocycles. The van der Waals surface area contributed by atoms with Crippen molar-refractivity contribution in [3.05, 3.63) is 29.8 Å². The molecule has 130 valence electrons. The summed E-state index contributed by atoms with van der Waals surface area (Å²) in [5, 5.41) is 0. The summed E-state index contributed by atoms with van der Waals surface area (Å²) < 4.78 is 17.2. The van der Waals surface area contributed by atoms with Crippen LogP contribution in [-0.4, -0.2) is 33.9 Å². The first-order valence-electron chi connectivity index (χ1n) is 8.33. The van der Waals surface area contributed by atoms with Gasteiger partial charge in [-0.25, -0.2) is 0 Å². The van der Waals surface area contributed by atoms with Gasteiger partial charge in [0.2, 0.25) is 0 Å². The predicted octanol–water partition coefficient (Wildman–Crippen LogP) is 4.19. The molecule has 0 unspecified atom stereocenters. The second-order valence-electron chi connectivity index (χ2n) is 6.12. The fourth-order valence-corrected chi connectivity index (χ4v) is 5.67. The van der Waals surface area contributed by atoms with Gasteiger partial charge >= 0.3 is 0 Å². The lowest BCUT2D eigenvalue weighted by Gasteiger charge is -2.37. The summed E-state index contributed by atoms with van der Waals surface area (Å²) >= 11 is 0. The van der Waals surface area contributed by atoms with Gasteiger partial charge in [0.05, 0.1) is 20.3 Å². The highest BCUT2D eigenvalue weighted by Gasteiger charge is 2.38. The Morgan fingerprint density at radius 2 is 1.65 bits per heavy atom. The van der Waals surface area contributed by atoms with Crippen molar-refractivity contribution >= 4 is 14.6 Å². The lowest BCUT2D eigenvalue weighted by Crippen LogP contribution is -2.49. The number of carbonyl (C=O) groups is 1. The number of rotatable bonds is 11. The van der Waals surface area contributed by atoms with Crippen molar-refractivity contribution in [1.82, 2.24) is 0 Å². The van der Waals surface area contributed by atoms with Crippen LogP contribution in [0, 0.1) is 0 Å². The summed E-state index contributed by atoms with van der Waals surface area (Å²) in [5.41, 5.74) is 0.185. The molecule has 23 heavy (non-hydrogen) atoms.